The third-order valence-corrected chi connectivity index (χ3v) is 2.91. The molecule has 0 saturated carbocycles. The number of ether oxygens (including phenoxy) is 2. The van der Waals surface area contributed by atoms with Gasteiger partial charge in [0.15, 0.2) is 11.5 Å². The summed E-state index contributed by atoms with van der Waals surface area (Å²) < 4.78 is 12.5. The monoisotopic (exact) mass is 363 g/mol. The van der Waals surface area contributed by atoms with Gasteiger partial charge in [-0.25, -0.2) is 0 Å². The lowest BCUT2D eigenvalue weighted by Gasteiger charge is -2.13. The minimum atomic E-state index is 0.394. The zero-order valence-corrected chi connectivity index (χ0v) is 12.8. The topological polar surface area (TPSA) is 44.5 Å². The van der Waals surface area contributed by atoms with Gasteiger partial charge in [0.1, 0.15) is 6.61 Å². The van der Waals surface area contributed by atoms with E-state index in [-0.39, 0.29) is 0 Å². The van der Waals surface area contributed by atoms with E-state index in [1.165, 1.54) is 0 Å². The molecule has 0 aliphatic rings. The van der Waals surface area contributed by atoms with Crippen LogP contribution in [0.2, 0.25) is 0 Å². The van der Waals surface area contributed by atoms with E-state index in [9.17, 15) is 0 Å². The van der Waals surface area contributed by atoms with Gasteiger partial charge in [0.2, 0.25) is 0 Å². The van der Waals surface area contributed by atoms with Crippen LogP contribution in [0, 0.1) is 0 Å². The van der Waals surface area contributed by atoms with Crippen molar-refractivity contribution in [3.63, 3.8) is 0 Å². The van der Waals surface area contributed by atoms with Crippen molar-refractivity contribution in [3.05, 3.63) is 33.2 Å². The van der Waals surface area contributed by atoms with Crippen molar-refractivity contribution >= 4 is 31.9 Å². The van der Waals surface area contributed by atoms with Crippen molar-refractivity contribution in [2.24, 2.45) is 5.73 Å². The average Bonchev–Trinajstić information content (AvgIpc) is 2.27. The van der Waals surface area contributed by atoms with E-state index in [4.69, 9.17) is 15.2 Å². The summed E-state index contributed by atoms with van der Waals surface area (Å²) >= 11 is 6.72. The molecule has 0 heterocycles. The van der Waals surface area contributed by atoms with Crippen LogP contribution in [0.15, 0.2) is 27.7 Å². The molecule has 0 bridgehead atoms. The molecule has 0 aliphatic carbocycles. The lowest BCUT2D eigenvalue weighted by atomic mass is 10.1. The van der Waals surface area contributed by atoms with Gasteiger partial charge in [-0.15, -0.1) is 0 Å². The highest BCUT2D eigenvalue weighted by atomic mass is 79.9. The van der Waals surface area contributed by atoms with Crippen LogP contribution in [0.1, 0.15) is 5.56 Å². The van der Waals surface area contributed by atoms with Gasteiger partial charge < -0.3 is 15.2 Å². The van der Waals surface area contributed by atoms with Crippen LogP contribution in [0.4, 0.5) is 0 Å². The third-order valence-electron chi connectivity index (χ3n) is 2.10. The summed E-state index contributed by atoms with van der Waals surface area (Å²) in [5, 5.41) is 0. The predicted octanol–water partition coefficient (Wildman–Crippen LogP) is 3.25. The maximum absolute atomic E-state index is 5.60. The summed E-state index contributed by atoms with van der Waals surface area (Å²) in [6.07, 6.45) is 0.806. The van der Waals surface area contributed by atoms with Crippen molar-refractivity contribution in [2.75, 3.05) is 20.3 Å². The van der Waals surface area contributed by atoms with E-state index >= 15 is 0 Å². The van der Waals surface area contributed by atoms with Gasteiger partial charge in [-0.05, 0) is 46.6 Å². The highest BCUT2D eigenvalue weighted by Crippen LogP contribution is 2.37. The second kappa shape index (κ2) is 7.03. The number of nitrogens with two attached hydrogens (primary N) is 1. The Morgan fingerprint density at radius 3 is 2.71 bits per heavy atom. The van der Waals surface area contributed by atoms with Crippen LogP contribution in [-0.4, -0.2) is 20.3 Å². The Hall–Kier alpha value is -0.520. The van der Waals surface area contributed by atoms with Gasteiger partial charge in [-0.3, -0.25) is 0 Å². The normalized spacial score (nSPS) is 10.1. The quantitative estimate of drug-likeness (QED) is 0.842. The van der Waals surface area contributed by atoms with Crippen molar-refractivity contribution in [3.8, 4) is 11.5 Å². The van der Waals surface area contributed by atoms with Gasteiger partial charge in [0.05, 0.1) is 11.6 Å². The molecule has 94 valence electrons. The number of rotatable bonds is 6. The van der Waals surface area contributed by atoms with E-state index < -0.39 is 0 Å². The Kier molecular flexibility index (Phi) is 6.02. The molecule has 0 fully saturated rings. The van der Waals surface area contributed by atoms with Gasteiger partial charge in [-0.1, -0.05) is 22.5 Å². The molecule has 0 radical (unpaired) electrons. The van der Waals surface area contributed by atoms with Gasteiger partial charge >= 0.3 is 0 Å². The summed E-state index contributed by atoms with van der Waals surface area (Å²) in [6, 6.07) is 3.92. The number of hydrogen-bond acceptors (Lipinski definition) is 3. The van der Waals surface area contributed by atoms with E-state index in [1.54, 1.807) is 7.11 Å². The lowest BCUT2D eigenvalue weighted by molar-refractivity contribution is 0.322. The minimum absolute atomic E-state index is 0.394. The highest BCUT2D eigenvalue weighted by molar-refractivity contribution is 9.11. The Morgan fingerprint density at radius 2 is 2.18 bits per heavy atom. The molecule has 17 heavy (non-hydrogen) atoms. The van der Waals surface area contributed by atoms with Crippen molar-refractivity contribution in [2.45, 2.75) is 6.42 Å². The Labute approximate surface area is 118 Å². The standard InChI is InChI=1S/C12H15Br2NO2/c1-8(13)7-17-12-10(14)5-9(3-4-15)6-11(12)16-2/h5-6H,1,3-4,7,15H2,2H3. The largest absolute Gasteiger partial charge is 0.493 e. The van der Waals surface area contributed by atoms with E-state index in [1.807, 2.05) is 12.1 Å². The Morgan fingerprint density at radius 1 is 1.47 bits per heavy atom. The first kappa shape index (κ1) is 14.5. The molecule has 3 nitrogen and oxygen atoms in total. The van der Waals surface area contributed by atoms with Crippen molar-refractivity contribution in [1.82, 2.24) is 0 Å². The summed E-state index contributed by atoms with van der Waals surface area (Å²) in [5.74, 6) is 1.37. The van der Waals surface area contributed by atoms with Crippen LogP contribution >= 0.6 is 31.9 Å². The van der Waals surface area contributed by atoms with Crippen LogP contribution in [-0.2, 0) is 6.42 Å². The molecule has 0 atom stereocenters. The first-order valence-corrected chi connectivity index (χ1v) is 6.69. The van der Waals surface area contributed by atoms with Crippen LogP contribution < -0.4 is 15.2 Å². The van der Waals surface area contributed by atoms with Crippen LogP contribution in [0.5, 0.6) is 11.5 Å². The average molecular weight is 365 g/mol. The molecule has 0 aliphatic heterocycles. The molecule has 0 spiro atoms. The number of benzene rings is 1. The summed E-state index contributed by atoms with van der Waals surface area (Å²) in [6.45, 7) is 4.72. The van der Waals surface area contributed by atoms with Gasteiger partial charge in [0.25, 0.3) is 0 Å². The van der Waals surface area contributed by atoms with E-state index in [0.717, 1.165) is 20.9 Å². The maximum atomic E-state index is 5.60. The van der Waals surface area contributed by atoms with Crippen molar-refractivity contribution in [1.29, 1.82) is 0 Å². The highest BCUT2D eigenvalue weighted by Gasteiger charge is 2.11. The SMILES string of the molecule is C=C(Br)COc1c(Br)cc(CCN)cc1OC. The molecule has 1 rings (SSSR count). The summed E-state index contributed by atoms with van der Waals surface area (Å²) in [5.41, 5.74) is 6.65. The molecule has 0 aromatic heterocycles. The molecule has 0 unspecified atom stereocenters. The Bertz CT molecular complexity index is 408. The van der Waals surface area contributed by atoms with E-state index in [2.05, 4.69) is 38.4 Å². The molecule has 2 N–H and O–H groups in total. The molecular weight excluding hydrogens is 350 g/mol. The van der Waals surface area contributed by atoms with Gasteiger partial charge in [-0.2, -0.15) is 0 Å². The molecule has 0 amide bonds. The molecular formula is C12H15Br2NO2. The summed E-state index contributed by atoms with van der Waals surface area (Å²) in [7, 11) is 1.61. The molecule has 0 saturated heterocycles. The summed E-state index contributed by atoms with van der Waals surface area (Å²) in [4.78, 5) is 0. The first-order chi connectivity index (χ1) is 8.08. The minimum Gasteiger partial charge on any atom is -0.493 e. The van der Waals surface area contributed by atoms with Crippen LogP contribution in [0.3, 0.4) is 0 Å². The second-order valence-electron chi connectivity index (χ2n) is 3.45. The third kappa shape index (κ3) is 4.33. The molecule has 1 aromatic rings. The first-order valence-electron chi connectivity index (χ1n) is 5.11. The van der Waals surface area contributed by atoms with Gasteiger partial charge in [0, 0.05) is 4.48 Å². The zero-order chi connectivity index (χ0) is 12.8. The predicted molar refractivity (Wildman–Crippen MR) is 77.0 cm³/mol. The molecule has 1 aromatic carbocycles. The number of halogens is 2. The van der Waals surface area contributed by atoms with E-state index in [0.29, 0.717) is 24.7 Å². The smallest absolute Gasteiger partial charge is 0.175 e. The fourth-order valence-electron chi connectivity index (χ4n) is 1.37. The lowest BCUT2D eigenvalue weighted by Crippen LogP contribution is -2.04. The van der Waals surface area contributed by atoms with Crippen molar-refractivity contribution < 1.29 is 9.47 Å². The maximum Gasteiger partial charge on any atom is 0.175 e. The molecule has 5 heteroatoms. The van der Waals surface area contributed by atoms with Crippen LogP contribution in [0.25, 0.3) is 0 Å². The fraction of sp³-hybridized carbons (Fsp3) is 0.333. The fourth-order valence-corrected chi connectivity index (χ4v) is 2.09. The zero-order valence-electron chi connectivity index (χ0n) is 9.63. The Balaban J connectivity index is 2.98. The number of methoxy groups -OCH3 is 1. The second-order valence-corrected chi connectivity index (χ2v) is 5.43. The number of hydrogen-bond donors (Lipinski definition) is 1.